The summed E-state index contributed by atoms with van der Waals surface area (Å²) in [6, 6.07) is 6.06. The number of nitrogens with zero attached hydrogens (tertiary/aromatic N) is 3. The molecule has 0 radical (unpaired) electrons. The first-order valence-electron chi connectivity index (χ1n) is 9.27. The number of nitrogens with one attached hydrogen (secondary N) is 2. The van der Waals surface area contributed by atoms with Crippen LogP contribution in [0.4, 0.5) is 0 Å². The second-order valence-corrected chi connectivity index (χ2v) is 5.87. The Morgan fingerprint density at radius 3 is 2.74 bits per heavy atom. The van der Waals surface area contributed by atoms with Crippen molar-refractivity contribution in [3.05, 3.63) is 35.5 Å². The standard InChI is InChI=1S/C19H29N5O3/c1-5-20-19(22-13-18-23-14(3)27-24-18)21-11-7-8-15-9-10-16(25-4)17(12-15)26-6-2/h9-10,12H,5-8,11,13H2,1-4H3,(H2,20,21,22). The van der Waals surface area contributed by atoms with Gasteiger partial charge in [-0.3, -0.25) is 0 Å². The second kappa shape index (κ2) is 11.1. The molecule has 0 aliphatic rings. The maximum atomic E-state index is 5.63. The van der Waals surface area contributed by atoms with Gasteiger partial charge in [-0.1, -0.05) is 11.2 Å². The van der Waals surface area contributed by atoms with Gasteiger partial charge in [-0.05, 0) is 44.4 Å². The Morgan fingerprint density at radius 2 is 2.07 bits per heavy atom. The lowest BCUT2D eigenvalue weighted by Gasteiger charge is -2.12. The molecule has 0 unspecified atom stereocenters. The monoisotopic (exact) mass is 375 g/mol. The number of methoxy groups -OCH3 is 1. The normalized spacial score (nSPS) is 11.3. The van der Waals surface area contributed by atoms with Crippen LogP contribution in [-0.4, -0.2) is 42.9 Å². The molecule has 0 saturated heterocycles. The minimum atomic E-state index is 0.378. The largest absolute Gasteiger partial charge is 0.493 e. The van der Waals surface area contributed by atoms with Crippen LogP contribution in [0.15, 0.2) is 27.7 Å². The summed E-state index contributed by atoms with van der Waals surface area (Å²) in [7, 11) is 1.65. The number of hydrogen-bond acceptors (Lipinski definition) is 6. The maximum absolute atomic E-state index is 5.63. The number of aliphatic imine (C=N–C) groups is 1. The van der Waals surface area contributed by atoms with Crippen LogP contribution >= 0.6 is 0 Å². The highest BCUT2D eigenvalue weighted by atomic mass is 16.5. The number of aryl methyl sites for hydroxylation is 2. The lowest BCUT2D eigenvalue weighted by Crippen LogP contribution is -2.37. The van der Waals surface area contributed by atoms with Crippen LogP contribution in [0, 0.1) is 6.92 Å². The Bertz CT molecular complexity index is 730. The van der Waals surface area contributed by atoms with Crippen molar-refractivity contribution in [2.45, 2.75) is 40.2 Å². The predicted molar refractivity (Wildman–Crippen MR) is 104 cm³/mol. The highest BCUT2D eigenvalue weighted by Gasteiger charge is 2.06. The van der Waals surface area contributed by atoms with Crippen molar-refractivity contribution in [3.8, 4) is 11.5 Å². The number of aromatic nitrogens is 2. The third-order valence-electron chi connectivity index (χ3n) is 3.75. The van der Waals surface area contributed by atoms with Crippen LogP contribution in [0.1, 0.15) is 37.5 Å². The lowest BCUT2D eigenvalue weighted by atomic mass is 10.1. The molecule has 0 aliphatic heterocycles. The molecule has 148 valence electrons. The number of benzene rings is 1. The van der Waals surface area contributed by atoms with Gasteiger partial charge in [0.2, 0.25) is 5.89 Å². The molecule has 8 nitrogen and oxygen atoms in total. The third kappa shape index (κ3) is 6.80. The van der Waals surface area contributed by atoms with Crippen molar-refractivity contribution in [2.75, 3.05) is 26.8 Å². The fraction of sp³-hybridized carbons (Fsp3) is 0.526. The summed E-state index contributed by atoms with van der Waals surface area (Å²) in [4.78, 5) is 8.63. The third-order valence-corrected chi connectivity index (χ3v) is 3.75. The SMILES string of the molecule is CCNC(=NCc1noc(C)n1)NCCCc1ccc(OC)c(OCC)c1. The molecule has 2 aromatic rings. The molecule has 0 saturated carbocycles. The molecular formula is C19H29N5O3. The fourth-order valence-electron chi connectivity index (χ4n) is 2.54. The topological polar surface area (TPSA) is 93.8 Å². The predicted octanol–water partition coefficient (Wildman–Crippen LogP) is 2.47. The summed E-state index contributed by atoms with van der Waals surface area (Å²) in [6.45, 7) is 8.34. The summed E-state index contributed by atoms with van der Waals surface area (Å²) in [5, 5.41) is 10.4. The maximum Gasteiger partial charge on any atom is 0.223 e. The molecule has 1 aromatic carbocycles. The van der Waals surface area contributed by atoms with Crippen LogP contribution in [0.3, 0.4) is 0 Å². The number of rotatable bonds is 10. The van der Waals surface area contributed by atoms with Gasteiger partial charge < -0.3 is 24.6 Å². The Labute approximate surface area is 160 Å². The van der Waals surface area contributed by atoms with Gasteiger partial charge in [-0.25, -0.2) is 4.99 Å². The van der Waals surface area contributed by atoms with E-state index in [4.69, 9.17) is 14.0 Å². The van der Waals surface area contributed by atoms with Gasteiger partial charge in [-0.2, -0.15) is 4.98 Å². The van der Waals surface area contributed by atoms with Crippen molar-refractivity contribution < 1.29 is 14.0 Å². The van der Waals surface area contributed by atoms with E-state index in [9.17, 15) is 0 Å². The van der Waals surface area contributed by atoms with Gasteiger partial charge in [0.25, 0.3) is 0 Å². The molecule has 0 spiro atoms. The van der Waals surface area contributed by atoms with Crippen molar-refractivity contribution in [1.82, 2.24) is 20.8 Å². The molecule has 1 heterocycles. The van der Waals surface area contributed by atoms with Crippen LogP contribution < -0.4 is 20.1 Å². The Balaban J connectivity index is 1.83. The zero-order chi connectivity index (χ0) is 19.5. The Morgan fingerprint density at radius 1 is 1.22 bits per heavy atom. The van der Waals surface area contributed by atoms with E-state index in [1.54, 1.807) is 14.0 Å². The van der Waals surface area contributed by atoms with E-state index in [-0.39, 0.29) is 0 Å². The average molecular weight is 375 g/mol. The lowest BCUT2D eigenvalue weighted by molar-refractivity contribution is 0.310. The van der Waals surface area contributed by atoms with Crippen molar-refractivity contribution in [3.63, 3.8) is 0 Å². The van der Waals surface area contributed by atoms with Crippen molar-refractivity contribution >= 4 is 5.96 Å². The highest BCUT2D eigenvalue weighted by molar-refractivity contribution is 5.79. The van der Waals surface area contributed by atoms with Gasteiger partial charge in [0.05, 0.1) is 13.7 Å². The van der Waals surface area contributed by atoms with Crippen LogP contribution in [-0.2, 0) is 13.0 Å². The zero-order valence-corrected chi connectivity index (χ0v) is 16.5. The number of ether oxygens (including phenoxy) is 2. The van der Waals surface area contributed by atoms with Gasteiger partial charge in [0.1, 0.15) is 6.54 Å². The van der Waals surface area contributed by atoms with Gasteiger partial charge >= 0.3 is 0 Å². The van der Waals surface area contributed by atoms with Gasteiger partial charge in [0, 0.05) is 20.0 Å². The van der Waals surface area contributed by atoms with E-state index >= 15 is 0 Å². The van der Waals surface area contributed by atoms with Crippen molar-refractivity contribution in [2.24, 2.45) is 4.99 Å². The minimum Gasteiger partial charge on any atom is -0.493 e. The van der Waals surface area contributed by atoms with Crippen LogP contribution in [0.2, 0.25) is 0 Å². The Kier molecular flexibility index (Phi) is 8.41. The summed E-state index contributed by atoms with van der Waals surface area (Å²) in [5.74, 6) is 3.41. The molecular weight excluding hydrogens is 346 g/mol. The fourth-order valence-corrected chi connectivity index (χ4v) is 2.54. The zero-order valence-electron chi connectivity index (χ0n) is 16.5. The van der Waals surface area contributed by atoms with Crippen LogP contribution in [0.5, 0.6) is 11.5 Å². The molecule has 1 aromatic heterocycles. The molecule has 0 aliphatic carbocycles. The molecule has 2 rings (SSSR count). The van der Waals surface area contributed by atoms with Crippen LogP contribution in [0.25, 0.3) is 0 Å². The number of guanidine groups is 1. The average Bonchev–Trinajstić information content (AvgIpc) is 3.09. The molecule has 8 heteroatoms. The summed E-state index contributed by atoms with van der Waals surface area (Å²) < 4.78 is 15.9. The molecule has 0 atom stereocenters. The van der Waals surface area contributed by atoms with E-state index in [0.717, 1.165) is 43.4 Å². The highest BCUT2D eigenvalue weighted by Crippen LogP contribution is 2.28. The van der Waals surface area contributed by atoms with E-state index < -0.39 is 0 Å². The van der Waals surface area contributed by atoms with E-state index in [2.05, 4.69) is 31.8 Å². The first-order valence-corrected chi connectivity index (χ1v) is 9.27. The molecule has 27 heavy (non-hydrogen) atoms. The van der Waals surface area contributed by atoms with Crippen molar-refractivity contribution in [1.29, 1.82) is 0 Å². The van der Waals surface area contributed by atoms with Gasteiger partial charge in [0.15, 0.2) is 23.3 Å². The summed E-state index contributed by atoms with van der Waals surface area (Å²) >= 11 is 0. The number of hydrogen-bond donors (Lipinski definition) is 2. The molecule has 0 bridgehead atoms. The first kappa shape index (κ1) is 20.5. The van der Waals surface area contributed by atoms with Gasteiger partial charge in [-0.15, -0.1) is 0 Å². The Hall–Kier alpha value is -2.77. The summed E-state index contributed by atoms with van der Waals surface area (Å²) in [5.41, 5.74) is 1.21. The van der Waals surface area contributed by atoms with E-state index in [1.807, 2.05) is 26.0 Å². The van der Waals surface area contributed by atoms with E-state index in [0.29, 0.717) is 24.9 Å². The molecule has 0 amide bonds. The smallest absolute Gasteiger partial charge is 0.223 e. The first-order chi connectivity index (χ1) is 13.2. The molecule has 0 fully saturated rings. The summed E-state index contributed by atoms with van der Waals surface area (Å²) in [6.07, 6.45) is 1.89. The second-order valence-electron chi connectivity index (χ2n) is 5.87. The minimum absolute atomic E-state index is 0.378. The van der Waals surface area contributed by atoms with E-state index in [1.165, 1.54) is 5.56 Å². The quantitative estimate of drug-likeness (QED) is 0.374. The molecule has 2 N–H and O–H groups in total.